The van der Waals surface area contributed by atoms with Crippen LogP contribution in [0.5, 0.6) is 0 Å². The fourth-order valence-corrected chi connectivity index (χ4v) is 3.46. The molecule has 1 saturated carbocycles. The second kappa shape index (κ2) is 5.64. The van der Waals surface area contributed by atoms with E-state index >= 15 is 0 Å². The van der Waals surface area contributed by atoms with Gasteiger partial charge in [-0.2, -0.15) is 0 Å². The predicted octanol–water partition coefficient (Wildman–Crippen LogP) is 3.86. The van der Waals surface area contributed by atoms with Crippen LogP contribution in [0, 0.1) is 11.8 Å². The molecular weight excluding hydrogens is 318 g/mol. The first-order chi connectivity index (χ1) is 9.61. The molecule has 1 fully saturated rings. The van der Waals surface area contributed by atoms with Crippen LogP contribution < -0.4 is 11.0 Å². The Morgan fingerprint density at radius 1 is 1.20 bits per heavy atom. The minimum Gasteiger partial charge on any atom is -0.384 e. The Morgan fingerprint density at radius 3 is 2.55 bits per heavy atom. The van der Waals surface area contributed by atoms with Crippen LogP contribution in [0.25, 0.3) is 11.0 Å². The van der Waals surface area contributed by atoms with Crippen molar-refractivity contribution in [1.29, 1.82) is 0 Å². The fraction of sp³-hybridized carbons (Fsp3) is 0.533. The smallest absolute Gasteiger partial charge is 0.323 e. The SMILES string of the molecule is CC1CCC(CNc2cc3[nH]c(=O)[nH]c3cc2Br)CC1. The largest absolute Gasteiger partial charge is 0.384 e. The highest BCUT2D eigenvalue weighted by molar-refractivity contribution is 9.10. The van der Waals surface area contributed by atoms with Gasteiger partial charge in [-0.15, -0.1) is 0 Å². The lowest BCUT2D eigenvalue weighted by molar-refractivity contribution is 0.300. The molecule has 0 spiro atoms. The lowest BCUT2D eigenvalue weighted by Gasteiger charge is -2.26. The lowest BCUT2D eigenvalue weighted by Crippen LogP contribution is -2.20. The molecule has 1 aromatic carbocycles. The number of nitrogens with one attached hydrogen (secondary N) is 3. The van der Waals surface area contributed by atoms with E-state index in [9.17, 15) is 4.79 Å². The third-order valence-corrected chi connectivity index (χ3v) is 4.98. The predicted molar refractivity (Wildman–Crippen MR) is 86.2 cm³/mol. The van der Waals surface area contributed by atoms with E-state index in [1.54, 1.807) is 0 Å². The summed E-state index contributed by atoms with van der Waals surface area (Å²) in [5, 5.41) is 3.52. The maximum Gasteiger partial charge on any atom is 0.323 e. The van der Waals surface area contributed by atoms with Gasteiger partial charge in [-0.1, -0.05) is 19.8 Å². The number of imidazole rings is 1. The zero-order valence-corrected chi connectivity index (χ0v) is 13.2. The summed E-state index contributed by atoms with van der Waals surface area (Å²) in [7, 11) is 0. The maximum absolute atomic E-state index is 11.3. The van der Waals surface area contributed by atoms with E-state index in [2.05, 4.69) is 38.1 Å². The van der Waals surface area contributed by atoms with E-state index in [0.717, 1.165) is 39.6 Å². The Hall–Kier alpha value is -1.23. The molecule has 3 rings (SSSR count). The van der Waals surface area contributed by atoms with Gasteiger partial charge in [-0.25, -0.2) is 4.79 Å². The number of hydrogen-bond donors (Lipinski definition) is 3. The van der Waals surface area contributed by atoms with E-state index in [0.29, 0.717) is 0 Å². The molecule has 0 unspecified atom stereocenters. The summed E-state index contributed by atoms with van der Waals surface area (Å²) in [5.74, 6) is 1.65. The minimum absolute atomic E-state index is 0.162. The van der Waals surface area contributed by atoms with Crippen LogP contribution in [-0.2, 0) is 0 Å². The fourth-order valence-electron chi connectivity index (χ4n) is 2.98. The number of hydrogen-bond acceptors (Lipinski definition) is 2. The van der Waals surface area contributed by atoms with Crippen molar-refractivity contribution in [2.24, 2.45) is 11.8 Å². The minimum atomic E-state index is -0.162. The summed E-state index contributed by atoms with van der Waals surface area (Å²) in [6, 6.07) is 3.93. The Bertz CT molecular complexity index is 653. The van der Waals surface area contributed by atoms with Crippen molar-refractivity contribution in [3.05, 3.63) is 27.1 Å². The number of H-pyrrole nitrogens is 2. The van der Waals surface area contributed by atoms with Crippen LogP contribution >= 0.6 is 15.9 Å². The molecular formula is C15H20BrN3O. The quantitative estimate of drug-likeness (QED) is 0.796. The van der Waals surface area contributed by atoms with Gasteiger partial charge in [0.1, 0.15) is 0 Å². The van der Waals surface area contributed by atoms with Crippen LogP contribution in [0.3, 0.4) is 0 Å². The van der Waals surface area contributed by atoms with Crippen LogP contribution in [0.15, 0.2) is 21.4 Å². The number of anilines is 1. The number of rotatable bonds is 3. The van der Waals surface area contributed by atoms with Crippen LogP contribution in [0.1, 0.15) is 32.6 Å². The second-order valence-corrected chi connectivity index (χ2v) is 6.82. The third-order valence-electron chi connectivity index (χ3n) is 4.32. The number of benzene rings is 1. The molecule has 0 atom stereocenters. The topological polar surface area (TPSA) is 60.7 Å². The van der Waals surface area contributed by atoms with E-state index in [-0.39, 0.29) is 5.69 Å². The Kier molecular flexibility index (Phi) is 3.87. The molecule has 0 aliphatic heterocycles. The Labute approximate surface area is 126 Å². The van der Waals surface area contributed by atoms with Gasteiger partial charge >= 0.3 is 5.69 Å². The summed E-state index contributed by atoms with van der Waals surface area (Å²) < 4.78 is 0.990. The molecule has 0 saturated heterocycles. The normalized spacial score (nSPS) is 23.1. The van der Waals surface area contributed by atoms with Gasteiger partial charge in [-0.3, -0.25) is 0 Å². The van der Waals surface area contributed by atoms with Crippen molar-refractivity contribution < 1.29 is 0 Å². The van der Waals surface area contributed by atoms with Crippen molar-refractivity contribution in [3.63, 3.8) is 0 Å². The summed E-state index contributed by atoms with van der Waals surface area (Å²) in [6.07, 6.45) is 5.32. The molecule has 1 heterocycles. The number of halogens is 1. The van der Waals surface area contributed by atoms with Crippen LogP contribution in [0.4, 0.5) is 5.69 Å². The van der Waals surface area contributed by atoms with Gasteiger partial charge in [0.15, 0.2) is 0 Å². The average molecular weight is 338 g/mol. The van der Waals surface area contributed by atoms with E-state index in [1.807, 2.05) is 12.1 Å². The van der Waals surface area contributed by atoms with Gasteiger partial charge in [-0.05, 0) is 52.7 Å². The van der Waals surface area contributed by atoms with Crippen LogP contribution in [0.2, 0.25) is 0 Å². The number of fused-ring (bicyclic) bond motifs is 1. The molecule has 0 radical (unpaired) electrons. The second-order valence-electron chi connectivity index (χ2n) is 5.96. The zero-order valence-electron chi connectivity index (χ0n) is 11.6. The molecule has 0 bridgehead atoms. The Balaban J connectivity index is 1.70. The first-order valence-corrected chi connectivity index (χ1v) is 8.06. The van der Waals surface area contributed by atoms with Gasteiger partial charge in [0.2, 0.25) is 0 Å². The van der Waals surface area contributed by atoms with Gasteiger partial charge < -0.3 is 15.3 Å². The van der Waals surface area contributed by atoms with Gasteiger partial charge in [0.25, 0.3) is 0 Å². The van der Waals surface area contributed by atoms with Crippen molar-refractivity contribution >= 4 is 32.7 Å². The van der Waals surface area contributed by atoms with E-state index < -0.39 is 0 Å². The molecule has 2 aromatic rings. The number of aromatic amines is 2. The highest BCUT2D eigenvalue weighted by Crippen LogP contribution is 2.30. The molecule has 5 heteroatoms. The van der Waals surface area contributed by atoms with E-state index in [1.165, 1.54) is 25.7 Å². The van der Waals surface area contributed by atoms with Crippen LogP contribution in [-0.4, -0.2) is 16.5 Å². The molecule has 0 amide bonds. The molecule has 108 valence electrons. The lowest BCUT2D eigenvalue weighted by atomic mass is 9.83. The summed E-state index contributed by atoms with van der Waals surface area (Å²) in [5.41, 5.74) is 2.56. The maximum atomic E-state index is 11.3. The first kappa shape index (κ1) is 13.7. The number of aromatic nitrogens is 2. The monoisotopic (exact) mass is 337 g/mol. The third kappa shape index (κ3) is 2.92. The van der Waals surface area contributed by atoms with E-state index in [4.69, 9.17) is 0 Å². The van der Waals surface area contributed by atoms with Gasteiger partial charge in [0.05, 0.1) is 16.7 Å². The highest BCUT2D eigenvalue weighted by atomic mass is 79.9. The summed E-state index contributed by atoms with van der Waals surface area (Å²) in [4.78, 5) is 16.9. The first-order valence-electron chi connectivity index (χ1n) is 7.27. The molecule has 20 heavy (non-hydrogen) atoms. The van der Waals surface area contributed by atoms with Crippen molar-refractivity contribution in [1.82, 2.24) is 9.97 Å². The van der Waals surface area contributed by atoms with Gasteiger partial charge in [0, 0.05) is 11.0 Å². The summed E-state index contributed by atoms with van der Waals surface area (Å²) >= 11 is 3.56. The van der Waals surface area contributed by atoms with Crippen molar-refractivity contribution in [2.45, 2.75) is 32.6 Å². The highest BCUT2D eigenvalue weighted by Gasteiger charge is 2.18. The molecule has 4 nitrogen and oxygen atoms in total. The molecule has 1 aromatic heterocycles. The summed E-state index contributed by atoms with van der Waals surface area (Å²) in [6.45, 7) is 3.35. The Morgan fingerprint density at radius 2 is 1.85 bits per heavy atom. The van der Waals surface area contributed by atoms with Crippen molar-refractivity contribution in [2.75, 3.05) is 11.9 Å². The molecule has 1 aliphatic carbocycles. The molecule has 3 N–H and O–H groups in total. The standard InChI is InChI=1S/C15H20BrN3O/c1-9-2-4-10(5-3-9)8-17-12-7-14-13(6-11(12)16)18-15(20)19-14/h6-7,9-10,17H,2-5,8H2,1H3,(H2,18,19,20). The average Bonchev–Trinajstić information content (AvgIpc) is 2.77. The zero-order chi connectivity index (χ0) is 14.1. The van der Waals surface area contributed by atoms with Crippen molar-refractivity contribution in [3.8, 4) is 0 Å². The molecule has 1 aliphatic rings.